The smallest absolute Gasteiger partial charge is 0.315 e. The van der Waals surface area contributed by atoms with Crippen LogP contribution in [0.1, 0.15) is 11.6 Å². The summed E-state index contributed by atoms with van der Waals surface area (Å²) in [6.07, 6.45) is 0. The molecular formula is C10H10N2O3. The number of urea groups is 1. The van der Waals surface area contributed by atoms with Crippen molar-refractivity contribution in [1.29, 1.82) is 0 Å². The first-order valence-electron chi connectivity index (χ1n) is 4.77. The summed E-state index contributed by atoms with van der Waals surface area (Å²) >= 11 is 0. The Kier molecular flexibility index (Phi) is 1.71. The highest BCUT2D eigenvalue weighted by atomic mass is 16.7. The average Bonchev–Trinajstić information content (AvgIpc) is 2.84. The van der Waals surface area contributed by atoms with Crippen LogP contribution >= 0.6 is 0 Å². The highest BCUT2D eigenvalue weighted by Gasteiger charge is 2.27. The van der Waals surface area contributed by atoms with E-state index in [0.717, 1.165) is 17.1 Å². The number of amides is 2. The first-order chi connectivity index (χ1) is 7.34. The molecule has 0 bridgehead atoms. The minimum absolute atomic E-state index is 0.0332. The topological polar surface area (TPSA) is 59.6 Å². The van der Waals surface area contributed by atoms with E-state index in [-0.39, 0.29) is 18.9 Å². The zero-order valence-electron chi connectivity index (χ0n) is 7.95. The number of hydrogen-bond donors (Lipinski definition) is 2. The third kappa shape index (κ3) is 1.27. The number of carbonyl (C=O) groups is 1. The zero-order chi connectivity index (χ0) is 10.3. The molecule has 2 aliphatic rings. The second-order valence-corrected chi connectivity index (χ2v) is 3.49. The lowest BCUT2D eigenvalue weighted by Crippen LogP contribution is -2.21. The normalized spacial score (nSPS) is 22.4. The predicted molar refractivity (Wildman–Crippen MR) is 51.8 cm³/mol. The van der Waals surface area contributed by atoms with Gasteiger partial charge in [-0.25, -0.2) is 4.79 Å². The van der Waals surface area contributed by atoms with Crippen LogP contribution in [0.3, 0.4) is 0 Å². The highest BCUT2D eigenvalue weighted by Crippen LogP contribution is 2.38. The molecule has 3 rings (SSSR count). The summed E-state index contributed by atoms with van der Waals surface area (Å²) in [5.74, 6) is 1.49. The summed E-state index contributed by atoms with van der Waals surface area (Å²) in [5.41, 5.74) is 0.961. The first kappa shape index (κ1) is 8.40. The molecule has 1 aromatic carbocycles. The molecule has 5 heteroatoms. The zero-order valence-corrected chi connectivity index (χ0v) is 7.95. The van der Waals surface area contributed by atoms with E-state index in [2.05, 4.69) is 10.6 Å². The number of nitrogens with one attached hydrogen (secondary N) is 2. The second kappa shape index (κ2) is 3.05. The number of carbonyl (C=O) groups excluding carboxylic acids is 1. The molecule has 0 radical (unpaired) electrons. The van der Waals surface area contributed by atoms with Gasteiger partial charge in [0, 0.05) is 12.1 Å². The Morgan fingerprint density at radius 1 is 1.33 bits per heavy atom. The van der Waals surface area contributed by atoms with E-state index in [0.29, 0.717) is 6.54 Å². The van der Waals surface area contributed by atoms with Crippen LogP contribution in [0.4, 0.5) is 4.79 Å². The lowest BCUT2D eigenvalue weighted by molar-refractivity contribution is 0.173. The summed E-state index contributed by atoms with van der Waals surface area (Å²) in [7, 11) is 0. The summed E-state index contributed by atoms with van der Waals surface area (Å²) < 4.78 is 10.6. The molecule has 2 heterocycles. The molecule has 0 unspecified atom stereocenters. The predicted octanol–water partition coefficient (Wildman–Crippen LogP) is 0.769. The van der Waals surface area contributed by atoms with Gasteiger partial charge in [0.25, 0.3) is 0 Å². The molecule has 5 nitrogen and oxygen atoms in total. The van der Waals surface area contributed by atoms with Gasteiger partial charge in [-0.3, -0.25) is 0 Å². The lowest BCUT2D eigenvalue weighted by Gasteiger charge is -2.11. The second-order valence-electron chi connectivity index (χ2n) is 3.49. The number of ether oxygens (including phenoxy) is 2. The van der Waals surface area contributed by atoms with Crippen LogP contribution < -0.4 is 20.1 Å². The van der Waals surface area contributed by atoms with Crippen molar-refractivity contribution in [3.63, 3.8) is 0 Å². The van der Waals surface area contributed by atoms with E-state index in [1.807, 2.05) is 18.2 Å². The van der Waals surface area contributed by atoms with Crippen molar-refractivity contribution in [1.82, 2.24) is 10.6 Å². The molecule has 1 aromatic rings. The van der Waals surface area contributed by atoms with Gasteiger partial charge in [0.15, 0.2) is 11.5 Å². The first-order valence-corrected chi connectivity index (χ1v) is 4.77. The van der Waals surface area contributed by atoms with Crippen molar-refractivity contribution in [3.8, 4) is 11.5 Å². The molecule has 0 aliphatic carbocycles. The molecule has 2 amide bonds. The van der Waals surface area contributed by atoms with Crippen molar-refractivity contribution < 1.29 is 14.3 Å². The fourth-order valence-electron chi connectivity index (χ4n) is 1.87. The summed E-state index contributed by atoms with van der Waals surface area (Å²) in [6.45, 7) is 0.832. The Balaban J connectivity index is 1.98. The Morgan fingerprint density at radius 2 is 2.27 bits per heavy atom. The van der Waals surface area contributed by atoms with Crippen LogP contribution in [0.25, 0.3) is 0 Å². The minimum Gasteiger partial charge on any atom is -0.454 e. The van der Waals surface area contributed by atoms with Gasteiger partial charge >= 0.3 is 6.03 Å². The Labute approximate surface area is 86.4 Å². The van der Waals surface area contributed by atoms with Crippen LogP contribution in [-0.4, -0.2) is 19.4 Å². The maximum absolute atomic E-state index is 11.0. The molecule has 2 N–H and O–H groups in total. The molecule has 1 atom stereocenters. The standard InChI is InChI=1S/C10H10N2O3/c13-10-11-4-7(12-10)6-2-1-3-8-9(6)15-5-14-8/h1-3,7H,4-5H2,(H2,11,12,13)/t7-/m1/s1. The molecule has 1 fully saturated rings. The highest BCUT2D eigenvalue weighted by molar-refractivity contribution is 5.77. The number of hydrogen-bond acceptors (Lipinski definition) is 3. The largest absolute Gasteiger partial charge is 0.454 e. The molecule has 15 heavy (non-hydrogen) atoms. The van der Waals surface area contributed by atoms with Crippen LogP contribution in [0.5, 0.6) is 11.5 Å². The maximum atomic E-state index is 11.0. The molecule has 1 saturated heterocycles. The van der Waals surface area contributed by atoms with Gasteiger partial charge in [-0.2, -0.15) is 0 Å². The Hall–Kier alpha value is -1.91. The molecule has 0 aromatic heterocycles. The van der Waals surface area contributed by atoms with Crippen molar-refractivity contribution in [2.24, 2.45) is 0 Å². The third-order valence-corrected chi connectivity index (χ3v) is 2.57. The average molecular weight is 206 g/mol. The van der Waals surface area contributed by atoms with E-state index in [1.54, 1.807) is 0 Å². The fraction of sp³-hybridized carbons (Fsp3) is 0.300. The van der Waals surface area contributed by atoms with Crippen LogP contribution in [0.15, 0.2) is 18.2 Å². The van der Waals surface area contributed by atoms with Gasteiger partial charge in [-0.1, -0.05) is 12.1 Å². The van der Waals surface area contributed by atoms with E-state index in [9.17, 15) is 4.79 Å². The van der Waals surface area contributed by atoms with E-state index < -0.39 is 0 Å². The minimum atomic E-state index is -0.142. The monoisotopic (exact) mass is 206 g/mol. The lowest BCUT2D eigenvalue weighted by atomic mass is 10.1. The number of para-hydroxylation sites is 1. The molecule has 2 aliphatic heterocycles. The van der Waals surface area contributed by atoms with Crippen molar-refractivity contribution >= 4 is 6.03 Å². The third-order valence-electron chi connectivity index (χ3n) is 2.57. The van der Waals surface area contributed by atoms with E-state index in [4.69, 9.17) is 9.47 Å². The quantitative estimate of drug-likeness (QED) is 0.713. The number of benzene rings is 1. The Bertz CT molecular complexity index is 419. The SMILES string of the molecule is O=C1NC[C@H](c2cccc3c2OCO3)N1. The summed E-state index contributed by atoms with van der Waals surface area (Å²) in [6, 6.07) is 5.51. The van der Waals surface area contributed by atoms with E-state index in [1.165, 1.54) is 0 Å². The van der Waals surface area contributed by atoms with Gasteiger partial charge in [-0.05, 0) is 6.07 Å². The van der Waals surface area contributed by atoms with Crippen molar-refractivity contribution in [2.75, 3.05) is 13.3 Å². The van der Waals surface area contributed by atoms with Crippen molar-refractivity contribution in [3.05, 3.63) is 23.8 Å². The molecule has 0 saturated carbocycles. The molecule has 78 valence electrons. The van der Waals surface area contributed by atoms with Crippen LogP contribution in [0, 0.1) is 0 Å². The molecular weight excluding hydrogens is 196 g/mol. The molecule has 0 spiro atoms. The fourth-order valence-corrected chi connectivity index (χ4v) is 1.87. The van der Waals surface area contributed by atoms with Gasteiger partial charge in [0.05, 0.1) is 6.04 Å². The van der Waals surface area contributed by atoms with Crippen molar-refractivity contribution in [2.45, 2.75) is 6.04 Å². The number of rotatable bonds is 1. The van der Waals surface area contributed by atoms with Gasteiger partial charge < -0.3 is 20.1 Å². The van der Waals surface area contributed by atoms with Crippen LogP contribution in [0.2, 0.25) is 0 Å². The Morgan fingerprint density at radius 3 is 3.07 bits per heavy atom. The maximum Gasteiger partial charge on any atom is 0.315 e. The van der Waals surface area contributed by atoms with Gasteiger partial charge in [0.1, 0.15) is 0 Å². The summed E-state index contributed by atoms with van der Waals surface area (Å²) in [5, 5.41) is 5.53. The van der Waals surface area contributed by atoms with E-state index >= 15 is 0 Å². The van der Waals surface area contributed by atoms with Gasteiger partial charge in [-0.15, -0.1) is 0 Å². The van der Waals surface area contributed by atoms with Gasteiger partial charge in [0.2, 0.25) is 6.79 Å². The summed E-state index contributed by atoms with van der Waals surface area (Å²) in [4.78, 5) is 11.0. The number of fused-ring (bicyclic) bond motifs is 1. The van der Waals surface area contributed by atoms with Crippen LogP contribution in [-0.2, 0) is 0 Å².